The van der Waals surface area contributed by atoms with Crippen LogP contribution < -0.4 is 10.6 Å². The number of methoxy groups -OCH3 is 1. The molecule has 2 rings (SSSR count). The van der Waals surface area contributed by atoms with Crippen LogP contribution in [-0.4, -0.2) is 30.9 Å². The molecule has 1 atom stereocenters. The smallest absolute Gasteiger partial charge is 0.328 e. The average Bonchev–Trinajstić information content (AvgIpc) is 2.66. The molecule has 0 saturated heterocycles. The van der Waals surface area contributed by atoms with Crippen LogP contribution in [0.15, 0.2) is 54.6 Å². The maximum absolute atomic E-state index is 12.5. The van der Waals surface area contributed by atoms with Gasteiger partial charge in [0.15, 0.2) is 0 Å². The van der Waals surface area contributed by atoms with Crippen molar-refractivity contribution >= 4 is 23.5 Å². The zero-order valence-corrected chi connectivity index (χ0v) is 14.1. The summed E-state index contributed by atoms with van der Waals surface area (Å²) >= 11 is 0. The molecule has 130 valence electrons. The van der Waals surface area contributed by atoms with Crippen LogP contribution in [0, 0.1) is 0 Å². The molecular formula is C19H20N2O4. The van der Waals surface area contributed by atoms with Crippen LogP contribution in [0.3, 0.4) is 0 Å². The number of anilines is 1. The molecule has 6 nitrogen and oxygen atoms in total. The van der Waals surface area contributed by atoms with Gasteiger partial charge in [0.05, 0.1) is 18.4 Å². The van der Waals surface area contributed by atoms with Crippen molar-refractivity contribution in [2.75, 3.05) is 12.4 Å². The Kier molecular flexibility index (Phi) is 6.28. The quantitative estimate of drug-likeness (QED) is 0.792. The molecule has 0 radical (unpaired) electrons. The Bertz CT molecular complexity index is 759. The number of hydrogen-bond acceptors (Lipinski definition) is 4. The fraction of sp³-hybridized carbons (Fsp3) is 0.211. The second kappa shape index (κ2) is 8.63. The number of amides is 2. The van der Waals surface area contributed by atoms with Gasteiger partial charge in [0.1, 0.15) is 6.04 Å². The molecule has 0 unspecified atom stereocenters. The predicted octanol–water partition coefficient (Wildman–Crippen LogP) is 2.62. The van der Waals surface area contributed by atoms with E-state index in [1.807, 2.05) is 6.07 Å². The minimum atomic E-state index is -0.740. The van der Waals surface area contributed by atoms with E-state index in [2.05, 4.69) is 15.4 Å². The Hall–Kier alpha value is -3.15. The molecule has 2 aromatic rings. The number of rotatable bonds is 6. The molecule has 0 spiro atoms. The molecule has 6 heteroatoms. The summed E-state index contributed by atoms with van der Waals surface area (Å²) in [6.45, 7) is 1.77. The Morgan fingerprint density at radius 2 is 1.60 bits per heavy atom. The van der Waals surface area contributed by atoms with Crippen molar-refractivity contribution in [3.05, 3.63) is 65.7 Å². The van der Waals surface area contributed by atoms with Crippen molar-refractivity contribution in [2.24, 2.45) is 0 Å². The molecule has 0 aromatic heterocycles. The molecule has 2 N–H and O–H groups in total. The summed E-state index contributed by atoms with van der Waals surface area (Å²) in [6, 6.07) is 14.6. The number of hydrogen-bond donors (Lipinski definition) is 2. The van der Waals surface area contributed by atoms with Crippen molar-refractivity contribution in [3.63, 3.8) is 0 Å². The summed E-state index contributed by atoms with van der Waals surface area (Å²) in [5.41, 5.74) is 1.13. The van der Waals surface area contributed by atoms with Crippen LogP contribution in [-0.2, 0) is 9.53 Å². The number of benzene rings is 2. The lowest BCUT2D eigenvalue weighted by Crippen LogP contribution is -2.41. The van der Waals surface area contributed by atoms with E-state index in [4.69, 9.17) is 0 Å². The molecule has 0 aliphatic heterocycles. The third-order valence-electron chi connectivity index (χ3n) is 3.66. The monoisotopic (exact) mass is 340 g/mol. The van der Waals surface area contributed by atoms with Gasteiger partial charge in [-0.15, -0.1) is 0 Å². The summed E-state index contributed by atoms with van der Waals surface area (Å²) < 4.78 is 4.67. The van der Waals surface area contributed by atoms with Crippen molar-refractivity contribution in [1.82, 2.24) is 5.32 Å². The zero-order chi connectivity index (χ0) is 18.2. The molecule has 2 aromatic carbocycles. The SMILES string of the molecule is CC[C@@H](NC(=O)c1ccccc1NC(=O)c1ccccc1)C(=O)OC. The van der Waals surface area contributed by atoms with E-state index in [0.717, 1.165) is 0 Å². The van der Waals surface area contributed by atoms with Crippen LogP contribution in [0.4, 0.5) is 5.69 Å². The van der Waals surface area contributed by atoms with Gasteiger partial charge in [-0.05, 0) is 30.7 Å². The first-order valence-corrected chi connectivity index (χ1v) is 7.91. The summed E-state index contributed by atoms with van der Waals surface area (Å²) in [4.78, 5) is 36.5. The lowest BCUT2D eigenvalue weighted by molar-refractivity contribution is -0.142. The predicted molar refractivity (Wildman–Crippen MR) is 94.4 cm³/mol. The Morgan fingerprint density at radius 3 is 2.24 bits per heavy atom. The normalized spacial score (nSPS) is 11.3. The van der Waals surface area contributed by atoms with Crippen LogP contribution >= 0.6 is 0 Å². The Balaban J connectivity index is 2.18. The van der Waals surface area contributed by atoms with Crippen molar-refractivity contribution in [2.45, 2.75) is 19.4 Å². The number of esters is 1. The van der Waals surface area contributed by atoms with Crippen molar-refractivity contribution in [3.8, 4) is 0 Å². The molecule has 2 amide bonds. The average molecular weight is 340 g/mol. The molecule has 0 bridgehead atoms. The molecular weight excluding hydrogens is 320 g/mol. The van der Waals surface area contributed by atoms with Gasteiger partial charge in [0.2, 0.25) is 0 Å². The molecule has 0 heterocycles. The van der Waals surface area contributed by atoms with Crippen LogP contribution in [0.5, 0.6) is 0 Å². The van der Waals surface area contributed by atoms with Crippen molar-refractivity contribution < 1.29 is 19.1 Å². The third-order valence-corrected chi connectivity index (χ3v) is 3.66. The summed E-state index contributed by atoms with van der Waals surface area (Å²) in [7, 11) is 1.27. The van der Waals surface area contributed by atoms with Gasteiger partial charge in [0, 0.05) is 5.56 Å². The standard InChI is InChI=1S/C19H20N2O4/c1-3-15(19(24)25-2)20-18(23)14-11-7-8-12-16(14)21-17(22)13-9-5-4-6-10-13/h4-12,15H,3H2,1-2H3,(H,20,23)(H,21,22)/t15-/m1/s1. The Labute approximate surface area is 146 Å². The Morgan fingerprint density at radius 1 is 0.960 bits per heavy atom. The largest absolute Gasteiger partial charge is 0.467 e. The molecule has 0 aliphatic rings. The summed E-state index contributed by atoms with van der Waals surface area (Å²) in [5, 5.41) is 5.35. The lowest BCUT2D eigenvalue weighted by atomic mass is 10.1. The second-order valence-electron chi connectivity index (χ2n) is 5.32. The van der Waals surface area contributed by atoms with Gasteiger partial charge in [-0.25, -0.2) is 4.79 Å². The number of para-hydroxylation sites is 1. The highest BCUT2D eigenvalue weighted by Crippen LogP contribution is 2.17. The number of carbonyl (C=O) groups excluding carboxylic acids is 3. The van der Waals surface area contributed by atoms with Crippen LogP contribution in [0.2, 0.25) is 0 Å². The zero-order valence-electron chi connectivity index (χ0n) is 14.1. The molecule has 0 aliphatic carbocycles. The number of nitrogens with one attached hydrogen (secondary N) is 2. The van der Waals surface area contributed by atoms with E-state index in [-0.39, 0.29) is 11.5 Å². The van der Waals surface area contributed by atoms with E-state index in [9.17, 15) is 14.4 Å². The molecule has 25 heavy (non-hydrogen) atoms. The number of carbonyl (C=O) groups is 3. The maximum Gasteiger partial charge on any atom is 0.328 e. The topological polar surface area (TPSA) is 84.5 Å². The minimum absolute atomic E-state index is 0.272. The fourth-order valence-electron chi connectivity index (χ4n) is 2.28. The maximum atomic E-state index is 12.5. The minimum Gasteiger partial charge on any atom is -0.467 e. The first kappa shape index (κ1) is 18.2. The summed E-state index contributed by atoms with van der Waals surface area (Å²) in [5.74, 6) is -1.29. The molecule has 0 fully saturated rings. The van der Waals surface area contributed by atoms with Gasteiger partial charge in [-0.3, -0.25) is 9.59 Å². The second-order valence-corrected chi connectivity index (χ2v) is 5.32. The summed E-state index contributed by atoms with van der Waals surface area (Å²) in [6.07, 6.45) is 0.400. The van der Waals surface area contributed by atoms with E-state index in [1.54, 1.807) is 55.5 Å². The highest BCUT2D eigenvalue weighted by molar-refractivity contribution is 6.09. The van der Waals surface area contributed by atoms with Gasteiger partial charge in [-0.2, -0.15) is 0 Å². The first-order valence-electron chi connectivity index (χ1n) is 7.91. The lowest BCUT2D eigenvalue weighted by Gasteiger charge is -2.16. The van der Waals surface area contributed by atoms with Crippen molar-refractivity contribution in [1.29, 1.82) is 0 Å². The van der Waals surface area contributed by atoms with E-state index < -0.39 is 17.9 Å². The fourth-order valence-corrected chi connectivity index (χ4v) is 2.28. The van der Waals surface area contributed by atoms with E-state index in [0.29, 0.717) is 17.7 Å². The highest BCUT2D eigenvalue weighted by atomic mass is 16.5. The van der Waals surface area contributed by atoms with Crippen LogP contribution in [0.25, 0.3) is 0 Å². The van der Waals surface area contributed by atoms with Gasteiger partial charge < -0.3 is 15.4 Å². The van der Waals surface area contributed by atoms with Gasteiger partial charge in [-0.1, -0.05) is 37.3 Å². The number of ether oxygens (including phenoxy) is 1. The van der Waals surface area contributed by atoms with E-state index in [1.165, 1.54) is 7.11 Å². The first-order chi connectivity index (χ1) is 12.1. The molecule has 0 saturated carbocycles. The highest BCUT2D eigenvalue weighted by Gasteiger charge is 2.22. The van der Waals surface area contributed by atoms with E-state index >= 15 is 0 Å². The van der Waals surface area contributed by atoms with Gasteiger partial charge >= 0.3 is 5.97 Å². The van der Waals surface area contributed by atoms with Gasteiger partial charge in [0.25, 0.3) is 11.8 Å². The van der Waals surface area contributed by atoms with Crippen LogP contribution in [0.1, 0.15) is 34.1 Å². The third kappa shape index (κ3) is 4.67.